The van der Waals surface area contributed by atoms with Gasteiger partial charge in [0.1, 0.15) is 5.82 Å². The number of carboxylic acids is 1. The minimum absolute atomic E-state index is 0.0617. The highest BCUT2D eigenvalue weighted by Gasteiger charge is 2.22. The number of carbonyl (C=O) groups is 2. The van der Waals surface area contributed by atoms with E-state index in [0.29, 0.717) is 5.82 Å². The molecular weight excluding hydrogens is 224 g/mol. The summed E-state index contributed by atoms with van der Waals surface area (Å²) in [5, 5.41) is 19.0. The van der Waals surface area contributed by atoms with Gasteiger partial charge in [-0.25, -0.2) is 0 Å². The molecule has 0 aliphatic heterocycles. The average Bonchev–Trinajstić information content (AvgIpc) is 2.15. The Hall–Kier alpha value is -2.18. The van der Waals surface area contributed by atoms with Crippen molar-refractivity contribution in [3.8, 4) is 0 Å². The van der Waals surface area contributed by atoms with Gasteiger partial charge >= 0.3 is 5.97 Å². The lowest BCUT2D eigenvalue weighted by atomic mass is 10.0. The van der Waals surface area contributed by atoms with Crippen LogP contribution in [0.25, 0.3) is 0 Å². The number of amides is 1. The van der Waals surface area contributed by atoms with E-state index in [0.717, 1.165) is 0 Å². The molecule has 1 rings (SSSR count). The van der Waals surface area contributed by atoms with Crippen molar-refractivity contribution in [1.82, 2.24) is 10.2 Å². The highest BCUT2D eigenvalue weighted by atomic mass is 16.4. The van der Waals surface area contributed by atoms with Gasteiger partial charge in [0.25, 0.3) is 5.91 Å². The third kappa shape index (κ3) is 4.06. The zero-order valence-electron chi connectivity index (χ0n) is 9.60. The normalized spacial score (nSPS) is 10.9. The number of hydrogen-bond acceptors (Lipinski definition) is 5. The Bertz CT molecular complexity index is 428. The van der Waals surface area contributed by atoms with Crippen LogP contribution in [0.2, 0.25) is 0 Å². The lowest BCUT2D eigenvalue weighted by Crippen LogP contribution is -2.34. The van der Waals surface area contributed by atoms with Gasteiger partial charge < -0.3 is 16.2 Å². The van der Waals surface area contributed by atoms with Crippen molar-refractivity contribution in [2.24, 2.45) is 5.73 Å². The van der Waals surface area contributed by atoms with Gasteiger partial charge in [-0.05, 0) is 26.0 Å². The summed E-state index contributed by atoms with van der Waals surface area (Å²) in [4.78, 5) is 21.4. The quantitative estimate of drug-likeness (QED) is 0.676. The molecule has 0 saturated heterocycles. The largest absolute Gasteiger partial charge is 0.481 e. The minimum Gasteiger partial charge on any atom is -0.481 e. The Morgan fingerprint density at radius 2 is 2.06 bits per heavy atom. The molecular formula is C10H14N4O3. The van der Waals surface area contributed by atoms with Gasteiger partial charge in [0.15, 0.2) is 5.69 Å². The Labute approximate surface area is 98.0 Å². The van der Waals surface area contributed by atoms with Crippen LogP contribution in [0.5, 0.6) is 0 Å². The molecule has 92 valence electrons. The lowest BCUT2D eigenvalue weighted by Gasteiger charge is -2.24. The van der Waals surface area contributed by atoms with E-state index in [-0.39, 0.29) is 12.1 Å². The number of carboxylic acid groups (broad SMARTS) is 1. The van der Waals surface area contributed by atoms with Gasteiger partial charge in [-0.2, -0.15) is 0 Å². The van der Waals surface area contributed by atoms with E-state index >= 15 is 0 Å². The molecule has 1 heterocycles. The number of nitrogens with one attached hydrogen (secondary N) is 1. The Balaban J connectivity index is 2.75. The minimum atomic E-state index is -0.913. The van der Waals surface area contributed by atoms with Gasteiger partial charge in [0, 0.05) is 5.54 Å². The van der Waals surface area contributed by atoms with Crippen molar-refractivity contribution in [2.45, 2.75) is 25.8 Å². The molecule has 7 nitrogen and oxygen atoms in total. The summed E-state index contributed by atoms with van der Waals surface area (Å²) < 4.78 is 0. The van der Waals surface area contributed by atoms with E-state index in [1.54, 1.807) is 13.8 Å². The third-order valence-corrected chi connectivity index (χ3v) is 1.98. The number of carbonyl (C=O) groups excluding carboxylic acids is 1. The van der Waals surface area contributed by atoms with Crippen LogP contribution < -0.4 is 11.1 Å². The van der Waals surface area contributed by atoms with Crippen LogP contribution in [0.15, 0.2) is 12.1 Å². The summed E-state index contributed by atoms with van der Waals surface area (Å²) in [5.74, 6) is -1.18. The third-order valence-electron chi connectivity index (χ3n) is 1.98. The van der Waals surface area contributed by atoms with E-state index in [1.807, 2.05) is 0 Å². The first-order valence-electron chi connectivity index (χ1n) is 4.94. The summed E-state index contributed by atoms with van der Waals surface area (Å²) in [6, 6.07) is 2.95. The molecule has 0 atom stereocenters. The van der Waals surface area contributed by atoms with Gasteiger partial charge in [0.2, 0.25) is 0 Å². The fraction of sp³-hybridized carbons (Fsp3) is 0.400. The zero-order valence-corrected chi connectivity index (χ0v) is 9.60. The second-order valence-corrected chi connectivity index (χ2v) is 4.25. The number of aliphatic carboxylic acids is 1. The highest BCUT2D eigenvalue weighted by Crippen LogP contribution is 2.15. The fourth-order valence-corrected chi connectivity index (χ4v) is 1.30. The summed E-state index contributed by atoms with van der Waals surface area (Å²) in [5.41, 5.74) is 4.42. The molecule has 0 aliphatic rings. The van der Waals surface area contributed by atoms with E-state index in [1.165, 1.54) is 12.1 Å². The molecule has 0 saturated carbocycles. The van der Waals surface area contributed by atoms with Gasteiger partial charge in [-0.15, -0.1) is 10.2 Å². The maximum atomic E-state index is 10.8. The number of rotatable bonds is 5. The molecule has 0 fully saturated rings. The molecule has 4 N–H and O–H groups in total. The zero-order chi connectivity index (χ0) is 13.1. The number of anilines is 1. The number of hydrogen-bond donors (Lipinski definition) is 3. The molecule has 17 heavy (non-hydrogen) atoms. The molecule has 0 bridgehead atoms. The standard InChI is InChI=1S/C10H14N4O3/c1-10(2,5-8(15)16)12-7-4-3-6(9(11)17)13-14-7/h3-4H,5H2,1-2H3,(H2,11,17)(H,12,14)(H,15,16). The average molecular weight is 238 g/mol. The van der Waals surface area contributed by atoms with E-state index < -0.39 is 17.4 Å². The van der Waals surface area contributed by atoms with Gasteiger partial charge in [-0.3, -0.25) is 9.59 Å². The van der Waals surface area contributed by atoms with Gasteiger partial charge in [0.05, 0.1) is 6.42 Å². The molecule has 1 aromatic rings. The van der Waals surface area contributed by atoms with E-state index in [4.69, 9.17) is 10.8 Å². The Kier molecular flexibility index (Phi) is 3.62. The number of nitrogens with two attached hydrogens (primary N) is 1. The van der Waals surface area contributed by atoms with Crippen molar-refractivity contribution >= 4 is 17.7 Å². The van der Waals surface area contributed by atoms with E-state index in [2.05, 4.69) is 15.5 Å². The van der Waals surface area contributed by atoms with Crippen LogP contribution in [0, 0.1) is 0 Å². The highest BCUT2D eigenvalue weighted by molar-refractivity contribution is 5.90. The predicted octanol–water partition coefficient (Wildman–Crippen LogP) is 0.241. The maximum absolute atomic E-state index is 10.8. The second-order valence-electron chi connectivity index (χ2n) is 4.25. The molecule has 7 heteroatoms. The second kappa shape index (κ2) is 4.77. The van der Waals surface area contributed by atoms with Crippen LogP contribution in [-0.2, 0) is 4.79 Å². The van der Waals surface area contributed by atoms with Crippen molar-refractivity contribution < 1.29 is 14.7 Å². The summed E-state index contributed by atoms with van der Waals surface area (Å²) in [6.45, 7) is 3.45. The summed E-state index contributed by atoms with van der Waals surface area (Å²) in [7, 11) is 0. The molecule has 0 unspecified atom stereocenters. The first-order chi connectivity index (χ1) is 7.80. The van der Waals surface area contributed by atoms with Crippen molar-refractivity contribution in [1.29, 1.82) is 0 Å². The predicted molar refractivity (Wildman–Crippen MR) is 60.5 cm³/mol. The summed E-state index contributed by atoms with van der Waals surface area (Å²) in [6.07, 6.45) is -0.0632. The number of nitrogens with zero attached hydrogens (tertiary/aromatic N) is 2. The fourth-order valence-electron chi connectivity index (χ4n) is 1.30. The first-order valence-corrected chi connectivity index (χ1v) is 4.94. The van der Waals surface area contributed by atoms with E-state index in [9.17, 15) is 9.59 Å². The lowest BCUT2D eigenvalue weighted by molar-refractivity contribution is -0.137. The van der Waals surface area contributed by atoms with Crippen LogP contribution in [0.1, 0.15) is 30.8 Å². The molecule has 1 amide bonds. The molecule has 1 aromatic heterocycles. The first kappa shape index (κ1) is 12.9. The molecule has 0 aliphatic carbocycles. The van der Waals surface area contributed by atoms with Crippen LogP contribution in [-0.4, -0.2) is 32.7 Å². The maximum Gasteiger partial charge on any atom is 0.305 e. The molecule has 0 spiro atoms. The summed E-state index contributed by atoms with van der Waals surface area (Å²) >= 11 is 0. The molecule has 0 aromatic carbocycles. The SMILES string of the molecule is CC(C)(CC(=O)O)Nc1ccc(C(N)=O)nn1. The van der Waals surface area contributed by atoms with Crippen LogP contribution in [0.3, 0.4) is 0 Å². The van der Waals surface area contributed by atoms with Crippen molar-refractivity contribution in [3.05, 3.63) is 17.8 Å². The topological polar surface area (TPSA) is 118 Å². The van der Waals surface area contributed by atoms with Crippen molar-refractivity contribution in [3.63, 3.8) is 0 Å². The number of aromatic nitrogens is 2. The van der Waals surface area contributed by atoms with Crippen LogP contribution >= 0.6 is 0 Å². The monoisotopic (exact) mass is 238 g/mol. The smallest absolute Gasteiger partial charge is 0.305 e. The van der Waals surface area contributed by atoms with Gasteiger partial charge in [-0.1, -0.05) is 0 Å². The molecule has 0 radical (unpaired) electrons. The Morgan fingerprint density at radius 1 is 1.41 bits per heavy atom. The van der Waals surface area contributed by atoms with Crippen LogP contribution in [0.4, 0.5) is 5.82 Å². The Morgan fingerprint density at radius 3 is 2.47 bits per heavy atom. The van der Waals surface area contributed by atoms with Crippen molar-refractivity contribution in [2.75, 3.05) is 5.32 Å². The number of primary amides is 1.